The van der Waals surface area contributed by atoms with Gasteiger partial charge in [0.1, 0.15) is 5.82 Å². The summed E-state index contributed by atoms with van der Waals surface area (Å²) in [6.45, 7) is 4.22. The van der Waals surface area contributed by atoms with E-state index in [-0.39, 0.29) is 5.56 Å². The number of thiazole rings is 1. The molecule has 1 fully saturated rings. The second kappa shape index (κ2) is 7.53. The summed E-state index contributed by atoms with van der Waals surface area (Å²) < 4.78 is 10.6. The Hall–Kier alpha value is -2.65. The number of anilines is 1. The lowest BCUT2D eigenvalue weighted by molar-refractivity contribution is 0.244. The molecular weight excluding hydrogens is 366 g/mol. The number of aromatic nitrogens is 3. The van der Waals surface area contributed by atoms with E-state index in [0.29, 0.717) is 34.8 Å². The normalized spacial score (nSPS) is 15.3. The van der Waals surface area contributed by atoms with Gasteiger partial charge < -0.3 is 19.4 Å². The molecule has 0 bridgehead atoms. The van der Waals surface area contributed by atoms with Crippen molar-refractivity contribution in [2.45, 2.75) is 6.54 Å². The predicted octanol–water partition coefficient (Wildman–Crippen LogP) is 1.72. The molecule has 0 atom stereocenters. The number of piperazine rings is 1. The Kier molecular flexibility index (Phi) is 4.95. The van der Waals surface area contributed by atoms with Crippen LogP contribution in [0.15, 0.2) is 28.5 Å². The van der Waals surface area contributed by atoms with E-state index in [1.54, 1.807) is 37.7 Å². The van der Waals surface area contributed by atoms with Crippen molar-refractivity contribution in [2.24, 2.45) is 0 Å². The van der Waals surface area contributed by atoms with E-state index < -0.39 is 0 Å². The lowest BCUT2D eigenvalue weighted by Gasteiger charge is -2.34. The van der Waals surface area contributed by atoms with E-state index in [1.165, 1.54) is 0 Å². The molecule has 3 heterocycles. The lowest BCUT2D eigenvalue weighted by atomic mass is 10.2. The molecule has 8 nitrogen and oxygen atoms in total. The number of fused-ring (bicyclic) bond motifs is 1. The molecule has 4 rings (SSSR count). The van der Waals surface area contributed by atoms with Gasteiger partial charge in [0.05, 0.1) is 31.7 Å². The molecule has 27 heavy (non-hydrogen) atoms. The fraction of sp³-hybridized carbons (Fsp3) is 0.389. The number of aromatic amines is 1. The van der Waals surface area contributed by atoms with Crippen LogP contribution in [0, 0.1) is 0 Å². The minimum atomic E-state index is -0.169. The third-order valence-corrected chi connectivity index (χ3v) is 5.53. The van der Waals surface area contributed by atoms with Gasteiger partial charge in [0.2, 0.25) is 0 Å². The van der Waals surface area contributed by atoms with Crippen LogP contribution in [0.4, 0.5) is 5.13 Å². The molecule has 0 amide bonds. The van der Waals surface area contributed by atoms with Crippen LogP contribution < -0.4 is 19.9 Å². The van der Waals surface area contributed by atoms with Gasteiger partial charge in [0, 0.05) is 43.8 Å². The molecular formula is C18H21N5O3S. The maximum Gasteiger partial charge on any atom is 0.258 e. The molecule has 0 saturated carbocycles. The van der Waals surface area contributed by atoms with Crippen LogP contribution in [0.1, 0.15) is 5.82 Å². The molecule has 142 valence electrons. The highest BCUT2D eigenvalue weighted by Crippen LogP contribution is 2.30. The van der Waals surface area contributed by atoms with Crippen molar-refractivity contribution < 1.29 is 9.47 Å². The van der Waals surface area contributed by atoms with Gasteiger partial charge in [-0.05, 0) is 6.07 Å². The van der Waals surface area contributed by atoms with Crippen molar-refractivity contribution in [1.82, 2.24) is 19.9 Å². The van der Waals surface area contributed by atoms with Gasteiger partial charge in [0.25, 0.3) is 5.56 Å². The Morgan fingerprint density at radius 3 is 2.56 bits per heavy atom. The van der Waals surface area contributed by atoms with Crippen LogP contribution in [0.2, 0.25) is 0 Å². The summed E-state index contributed by atoms with van der Waals surface area (Å²) in [5.74, 6) is 1.73. The Morgan fingerprint density at radius 2 is 1.89 bits per heavy atom. The van der Waals surface area contributed by atoms with Crippen molar-refractivity contribution in [3.8, 4) is 11.5 Å². The van der Waals surface area contributed by atoms with E-state index >= 15 is 0 Å². The third kappa shape index (κ3) is 3.60. The van der Waals surface area contributed by atoms with Gasteiger partial charge in [-0.3, -0.25) is 9.69 Å². The second-order valence-electron chi connectivity index (χ2n) is 6.31. The monoisotopic (exact) mass is 387 g/mol. The number of rotatable bonds is 5. The highest BCUT2D eigenvalue weighted by molar-refractivity contribution is 7.13. The largest absolute Gasteiger partial charge is 0.493 e. The highest BCUT2D eigenvalue weighted by atomic mass is 32.1. The first kappa shape index (κ1) is 17.7. The Labute approximate surface area is 160 Å². The van der Waals surface area contributed by atoms with Gasteiger partial charge in [-0.15, -0.1) is 11.3 Å². The maximum absolute atomic E-state index is 12.5. The van der Waals surface area contributed by atoms with Crippen molar-refractivity contribution in [2.75, 3.05) is 45.3 Å². The zero-order valence-corrected chi connectivity index (χ0v) is 16.1. The summed E-state index contributed by atoms with van der Waals surface area (Å²) in [7, 11) is 3.12. The number of methoxy groups -OCH3 is 2. The van der Waals surface area contributed by atoms with Gasteiger partial charge in [0.15, 0.2) is 16.6 Å². The predicted molar refractivity (Wildman–Crippen MR) is 105 cm³/mol. The molecule has 3 aromatic rings. The molecule has 0 aliphatic carbocycles. The standard InChI is InChI=1S/C18H21N5O3S/c1-25-14-9-12-13(10-15(14)26-2)20-16(21-17(12)24)11-22-4-6-23(7-5-22)18-19-3-8-27-18/h3,8-10H,4-7,11H2,1-2H3,(H,20,21,24). The van der Waals surface area contributed by atoms with Gasteiger partial charge in [-0.1, -0.05) is 0 Å². The smallest absolute Gasteiger partial charge is 0.258 e. The van der Waals surface area contributed by atoms with Crippen LogP contribution in [-0.4, -0.2) is 60.3 Å². The minimum absolute atomic E-state index is 0.169. The number of benzene rings is 1. The zero-order chi connectivity index (χ0) is 18.8. The number of hydrogen-bond acceptors (Lipinski definition) is 8. The average molecular weight is 387 g/mol. The summed E-state index contributed by atoms with van der Waals surface area (Å²) in [5, 5.41) is 3.55. The lowest BCUT2D eigenvalue weighted by Crippen LogP contribution is -2.46. The van der Waals surface area contributed by atoms with E-state index in [4.69, 9.17) is 9.47 Å². The first-order valence-electron chi connectivity index (χ1n) is 8.69. The fourth-order valence-electron chi connectivity index (χ4n) is 3.27. The van der Waals surface area contributed by atoms with Gasteiger partial charge in [-0.25, -0.2) is 9.97 Å². The third-order valence-electron chi connectivity index (χ3n) is 4.70. The van der Waals surface area contributed by atoms with E-state index in [1.807, 2.05) is 11.6 Å². The summed E-state index contributed by atoms with van der Waals surface area (Å²) in [6.07, 6.45) is 1.83. The van der Waals surface area contributed by atoms with Crippen molar-refractivity contribution in [3.63, 3.8) is 0 Å². The van der Waals surface area contributed by atoms with Gasteiger partial charge >= 0.3 is 0 Å². The summed E-state index contributed by atoms with van der Waals surface area (Å²) in [5.41, 5.74) is 0.435. The number of ether oxygens (including phenoxy) is 2. The number of H-pyrrole nitrogens is 1. The van der Waals surface area contributed by atoms with Crippen LogP contribution >= 0.6 is 11.3 Å². The summed E-state index contributed by atoms with van der Waals surface area (Å²) in [6, 6.07) is 3.41. The Bertz CT molecular complexity index is 981. The summed E-state index contributed by atoms with van der Waals surface area (Å²) in [4.78, 5) is 29.0. The number of nitrogens with one attached hydrogen (secondary N) is 1. The topological polar surface area (TPSA) is 83.6 Å². The van der Waals surface area contributed by atoms with Crippen molar-refractivity contribution in [3.05, 3.63) is 39.9 Å². The highest BCUT2D eigenvalue weighted by Gasteiger charge is 2.20. The SMILES string of the molecule is COc1cc2nc(CN3CCN(c4nccs4)CC3)[nH]c(=O)c2cc1OC. The van der Waals surface area contributed by atoms with E-state index in [2.05, 4.69) is 24.8 Å². The first-order valence-corrected chi connectivity index (χ1v) is 9.57. The molecule has 0 radical (unpaired) electrons. The molecule has 2 aromatic heterocycles. The Balaban J connectivity index is 1.52. The van der Waals surface area contributed by atoms with Crippen molar-refractivity contribution >= 4 is 27.4 Å². The molecule has 1 saturated heterocycles. The Morgan fingerprint density at radius 1 is 1.15 bits per heavy atom. The molecule has 1 aliphatic heterocycles. The quantitative estimate of drug-likeness (QED) is 0.714. The van der Waals surface area contributed by atoms with Gasteiger partial charge in [-0.2, -0.15) is 0 Å². The second-order valence-corrected chi connectivity index (χ2v) is 7.19. The zero-order valence-electron chi connectivity index (χ0n) is 15.3. The van der Waals surface area contributed by atoms with Crippen LogP contribution in [0.3, 0.4) is 0 Å². The molecule has 0 unspecified atom stereocenters. The van der Waals surface area contributed by atoms with Crippen molar-refractivity contribution in [1.29, 1.82) is 0 Å². The van der Waals surface area contributed by atoms with E-state index in [9.17, 15) is 4.79 Å². The van der Waals surface area contributed by atoms with Crippen LogP contribution in [0.25, 0.3) is 10.9 Å². The number of hydrogen-bond donors (Lipinski definition) is 1. The molecule has 1 N–H and O–H groups in total. The molecule has 9 heteroatoms. The minimum Gasteiger partial charge on any atom is -0.493 e. The first-order chi connectivity index (χ1) is 13.2. The van der Waals surface area contributed by atoms with Crippen LogP contribution in [0.5, 0.6) is 11.5 Å². The summed E-state index contributed by atoms with van der Waals surface area (Å²) >= 11 is 1.66. The average Bonchev–Trinajstić information content (AvgIpc) is 3.22. The maximum atomic E-state index is 12.5. The molecule has 1 aromatic carbocycles. The number of nitrogens with zero attached hydrogens (tertiary/aromatic N) is 4. The fourth-order valence-corrected chi connectivity index (χ4v) is 3.97. The van der Waals surface area contributed by atoms with Crippen LogP contribution in [-0.2, 0) is 6.54 Å². The molecule has 0 spiro atoms. The van der Waals surface area contributed by atoms with E-state index in [0.717, 1.165) is 31.3 Å². The molecule has 1 aliphatic rings.